The van der Waals surface area contributed by atoms with Gasteiger partial charge in [-0.15, -0.1) is 0 Å². The fourth-order valence-electron chi connectivity index (χ4n) is 2.91. The molecule has 2 rings (SSSR count). The quantitative estimate of drug-likeness (QED) is 0.388. The topological polar surface area (TPSA) is 67.4 Å². The van der Waals surface area contributed by atoms with Gasteiger partial charge in [-0.25, -0.2) is 0 Å². The van der Waals surface area contributed by atoms with Crippen LogP contribution < -0.4 is 20.1 Å². The Morgan fingerprint density at radius 3 is 2.67 bits per heavy atom. The molecule has 7 heteroatoms. The molecule has 152 valence electrons. The number of rotatable bonds is 9. The summed E-state index contributed by atoms with van der Waals surface area (Å²) in [6.45, 7) is 12.8. The van der Waals surface area contributed by atoms with Crippen molar-refractivity contribution in [2.24, 2.45) is 4.99 Å². The van der Waals surface area contributed by atoms with Crippen molar-refractivity contribution in [1.82, 2.24) is 15.5 Å². The number of hydrogen-bond donors (Lipinski definition) is 2. The van der Waals surface area contributed by atoms with E-state index in [2.05, 4.69) is 36.3 Å². The number of guanidine groups is 1. The number of hydrogen-bond acceptors (Lipinski definition) is 5. The van der Waals surface area contributed by atoms with Crippen LogP contribution >= 0.6 is 0 Å². The molecule has 1 aromatic carbocycles. The molecule has 0 aromatic heterocycles. The molecule has 1 aromatic rings. The van der Waals surface area contributed by atoms with Gasteiger partial charge >= 0.3 is 0 Å². The molecular formula is C20H34N4O3. The van der Waals surface area contributed by atoms with Crippen LogP contribution in [0.4, 0.5) is 0 Å². The maximum atomic E-state index is 5.77. The second-order valence-electron chi connectivity index (χ2n) is 7.06. The number of methoxy groups -OCH3 is 1. The van der Waals surface area contributed by atoms with Crippen LogP contribution in [0.1, 0.15) is 20.8 Å². The van der Waals surface area contributed by atoms with Crippen LogP contribution in [-0.2, 0) is 4.74 Å². The smallest absolute Gasteiger partial charge is 0.191 e. The van der Waals surface area contributed by atoms with Crippen molar-refractivity contribution >= 4 is 5.96 Å². The third-order valence-electron chi connectivity index (χ3n) is 4.54. The van der Waals surface area contributed by atoms with Crippen LogP contribution in [0.15, 0.2) is 29.3 Å². The van der Waals surface area contributed by atoms with E-state index in [0.717, 1.165) is 56.9 Å². The molecule has 0 radical (unpaired) electrons. The van der Waals surface area contributed by atoms with Gasteiger partial charge in [-0.2, -0.15) is 0 Å². The largest absolute Gasteiger partial charge is 0.497 e. The number of morpholine rings is 1. The van der Waals surface area contributed by atoms with Gasteiger partial charge in [0.25, 0.3) is 0 Å². The van der Waals surface area contributed by atoms with Crippen LogP contribution in [-0.4, -0.2) is 76.1 Å². The standard InChI is InChI=1S/C20H34N4O3/c1-5-21-19(23-16-20(2,3)24-10-13-26-14-11-24)22-9-12-27-18-8-6-7-17(15-18)25-4/h6-8,15H,5,9-14,16H2,1-4H3,(H2,21,22,23). The van der Waals surface area contributed by atoms with Gasteiger partial charge in [0, 0.05) is 31.2 Å². The SMILES string of the molecule is CCNC(=NCC(C)(C)N1CCOCC1)NCCOc1cccc(OC)c1. The summed E-state index contributed by atoms with van der Waals surface area (Å²) in [5.74, 6) is 2.40. The van der Waals surface area contributed by atoms with Crippen molar-refractivity contribution in [3.8, 4) is 11.5 Å². The van der Waals surface area contributed by atoms with E-state index in [9.17, 15) is 0 Å². The molecule has 1 heterocycles. The summed E-state index contributed by atoms with van der Waals surface area (Å²) < 4.78 is 16.4. The van der Waals surface area contributed by atoms with E-state index in [-0.39, 0.29) is 5.54 Å². The van der Waals surface area contributed by atoms with Crippen LogP contribution in [0.2, 0.25) is 0 Å². The normalized spacial score (nSPS) is 16.1. The zero-order valence-corrected chi connectivity index (χ0v) is 17.1. The first-order chi connectivity index (χ1) is 13.0. The summed E-state index contributed by atoms with van der Waals surface area (Å²) in [7, 11) is 1.65. The lowest BCUT2D eigenvalue weighted by atomic mass is 10.0. The predicted octanol–water partition coefficient (Wildman–Crippen LogP) is 1.74. The Morgan fingerprint density at radius 1 is 1.22 bits per heavy atom. The number of nitrogens with one attached hydrogen (secondary N) is 2. The summed E-state index contributed by atoms with van der Waals surface area (Å²) in [4.78, 5) is 7.21. The van der Waals surface area contributed by atoms with Crippen molar-refractivity contribution in [1.29, 1.82) is 0 Å². The summed E-state index contributed by atoms with van der Waals surface area (Å²) in [5.41, 5.74) is 0.00320. The summed E-state index contributed by atoms with van der Waals surface area (Å²) in [5, 5.41) is 6.63. The minimum Gasteiger partial charge on any atom is -0.497 e. The molecule has 0 unspecified atom stereocenters. The van der Waals surface area contributed by atoms with Gasteiger partial charge in [0.15, 0.2) is 5.96 Å². The third kappa shape index (κ3) is 7.27. The van der Waals surface area contributed by atoms with Gasteiger partial charge in [0.2, 0.25) is 0 Å². The fraction of sp³-hybridized carbons (Fsp3) is 0.650. The lowest BCUT2D eigenvalue weighted by Crippen LogP contribution is -2.52. The van der Waals surface area contributed by atoms with Gasteiger partial charge < -0.3 is 24.8 Å². The summed E-state index contributed by atoms with van der Waals surface area (Å²) in [6, 6.07) is 7.62. The zero-order chi connectivity index (χ0) is 19.5. The molecule has 0 atom stereocenters. The maximum absolute atomic E-state index is 5.77. The molecule has 0 spiro atoms. The first-order valence-electron chi connectivity index (χ1n) is 9.67. The Kier molecular flexibility index (Phi) is 8.67. The molecule has 1 aliphatic heterocycles. The predicted molar refractivity (Wildman–Crippen MR) is 109 cm³/mol. The van der Waals surface area contributed by atoms with Gasteiger partial charge in [-0.3, -0.25) is 9.89 Å². The summed E-state index contributed by atoms with van der Waals surface area (Å²) in [6.07, 6.45) is 0. The lowest BCUT2D eigenvalue weighted by molar-refractivity contribution is -0.00683. The molecule has 1 saturated heterocycles. The Bertz CT molecular complexity index is 586. The van der Waals surface area contributed by atoms with E-state index in [1.807, 2.05) is 24.3 Å². The highest BCUT2D eigenvalue weighted by atomic mass is 16.5. The number of aliphatic imine (C=N–C) groups is 1. The minimum absolute atomic E-state index is 0.00320. The highest BCUT2D eigenvalue weighted by molar-refractivity contribution is 5.79. The van der Waals surface area contributed by atoms with Crippen molar-refractivity contribution in [2.45, 2.75) is 26.3 Å². The van der Waals surface area contributed by atoms with E-state index in [0.29, 0.717) is 13.2 Å². The van der Waals surface area contributed by atoms with Crippen LogP contribution in [0.5, 0.6) is 11.5 Å². The van der Waals surface area contributed by atoms with Gasteiger partial charge in [0.1, 0.15) is 18.1 Å². The molecule has 1 fully saturated rings. The average Bonchev–Trinajstić information content (AvgIpc) is 2.70. The highest BCUT2D eigenvalue weighted by Crippen LogP contribution is 2.18. The van der Waals surface area contributed by atoms with Crippen LogP contribution in [0.3, 0.4) is 0 Å². The Labute approximate surface area is 163 Å². The molecule has 0 bridgehead atoms. The van der Waals surface area contributed by atoms with E-state index < -0.39 is 0 Å². The molecule has 0 aliphatic carbocycles. The summed E-state index contributed by atoms with van der Waals surface area (Å²) >= 11 is 0. The second-order valence-corrected chi connectivity index (χ2v) is 7.06. The molecule has 0 saturated carbocycles. The van der Waals surface area contributed by atoms with Gasteiger partial charge in [-0.1, -0.05) is 6.07 Å². The van der Waals surface area contributed by atoms with Crippen molar-refractivity contribution < 1.29 is 14.2 Å². The lowest BCUT2D eigenvalue weighted by Gasteiger charge is -2.39. The second kappa shape index (κ2) is 11.0. The Balaban J connectivity index is 1.80. The zero-order valence-electron chi connectivity index (χ0n) is 17.1. The van der Waals surface area contributed by atoms with E-state index in [1.54, 1.807) is 7.11 Å². The minimum atomic E-state index is 0.00320. The molecule has 7 nitrogen and oxygen atoms in total. The van der Waals surface area contributed by atoms with Crippen molar-refractivity contribution in [2.75, 3.05) is 59.7 Å². The molecule has 2 N–H and O–H groups in total. The first kappa shape index (κ1) is 21.3. The van der Waals surface area contributed by atoms with Gasteiger partial charge in [0.05, 0.1) is 33.4 Å². The molecule has 1 aliphatic rings. The molecule has 0 amide bonds. The molecule has 27 heavy (non-hydrogen) atoms. The van der Waals surface area contributed by atoms with Gasteiger partial charge in [-0.05, 0) is 32.9 Å². The number of ether oxygens (including phenoxy) is 3. The highest BCUT2D eigenvalue weighted by Gasteiger charge is 2.28. The fourth-order valence-corrected chi connectivity index (χ4v) is 2.91. The monoisotopic (exact) mass is 378 g/mol. The van der Waals surface area contributed by atoms with Crippen molar-refractivity contribution in [3.05, 3.63) is 24.3 Å². The van der Waals surface area contributed by atoms with E-state index in [1.165, 1.54) is 0 Å². The Morgan fingerprint density at radius 2 is 1.96 bits per heavy atom. The van der Waals surface area contributed by atoms with Crippen LogP contribution in [0, 0.1) is 0 Å². The van der Waals surface area contributed by atoms with E-state index in [4.69, 9.17) is 19.2 Å². The number of benzene rings is 1. The maximum Gasteiger partial charge on any atom is 0.191 e. The molecular weight excluding hydrogens is 344 g/mol. The third-order valence-corrected chi connectivity index (χ3v) is 4.54. The van der Waals surface area contributed by atoms with Crippen LogP contribution in [0.25, 0.3) is 0 Å². The Hall–Kier alpha value is -1.99. The first-order valence-corrected chi connectivity index (χ1v) is 9.67. The number of nitrogens with zero attached hydrogens (tertiary/aromatic N) is 2. The van der Waals surface area contributed by atoms with E-state index >= 15 is 0 Å². The van der Waals surface area contributed by atoms with Crippen molar-refractivity contribution in [3.63, 3.8) is 0 Å². The average molecular weight is 379 g/mol.